The summed E-state index contributed by atoms with van der Waals surface area (Å²) in [6.07, 6.45) is 1.88. The SMILES string of the molecule is CC(C)C(CNC(=O)C1CCCCN(C)C1=O)NC(=O)Cc1cccc(F)c1F. The van der Waals surface area contributed by atoms with Gasteiger partial charge in [-0.25, -0.2) is 8.78 Å². The van der Waals surface area contributed by atoms with Gasteiger partial charge in [0.15, 0.2) is 11.6 Å². The molecule has 0 aromatic heterocycles. The molecule has 1 saturated heterocycles. The second-order valence-corrected chi connectivity index (χ2v) is 7.86. The zero-order valence-electron chi connectivity index (χ0n) is 17.1. The first-order valence-electron chi connectivity index (χ1n) is 9.95. The van der Waals surface area contributed by atoms with Crippen molar-refractivity contribution in [2.45, 2.75) is 45.6 Å². The fraction of sp³-hybridized carbons (Fsp3) is 0.571. The summed E-state index contributed by atoms with van der Waals surface area (Å²) in [7, 11) is 1.69. The molecule has 3 amide bonds. The van der Waals surface area contributed by atoms with E-state index in [0.717, 1.165) is 18.9 Å². The van der Waals surface area contributed by atoms with Crippen LogP contribution < -0.4 is 10.6 Å². The first-order valence-corrected chi connectivity index (χ1v) is 9.95. The lowest BCUT2D eigenvalue weighted by Gasteiger charge is -2.25. The third-order valence-corrected chi connectivity index (χ3v) is 5.26. The third kappa shape index (κ3) is 6.24. The first kappa shape index (κ1) is 22.8. The standard InChI is InChI=1S/C21H29F2N3O3/c1-13(2)17(25-18(27)11-14-7-6-9-16(22)19(14)23)12-24-20(28)15-8-4-5-10-26(3)21(15)29/h6-7,9,13,15,17H,4-5,8,10-12H2,1-3H3,(H,24,28)(H,25,27). The van der Waals surface area contributed by atoms with Crippen molar-refractivity contribution in [3.63, 3.8) is 0 Å². The van der Waals surface area contributed by atoms with E-state index in [1.165, 1.54) is 12.1 Å². The summed E-state index contributed by atoms with van der Waals surface area (Å²) in [4.78, 5) is 38.7. The largest absolute Gasteiger partial charge is 0.353 e. The smallest absolute Gasteiger partial charge is 0.234 e. The molecule has 0 aliphatic carbocycles. The zero-order chi connectivity index (χ0) is 21.6. The van der Waals surface area contributed by atoms with Crippen LogP contribution in [-0.2, 0) is 20.8 Å². The molecule has 1 aliphatic heterocycles. The Morgan fingerprint density at radius 1 is 1.24 bits per heavy atom. The minimum absolute atomic E-state index is 0.0101. The molecule has 0 spiro atoms. The van der Waals surface area contributed by atoms with Crippen LogP contribution in [0.15, 0.2) is 18.2 Å². The van der Waals surface area contributed by atoms with Gasteiger partial charge in [0.25, 0.3) is 0 Å². The fourth-order valence-corrected chi connectivity index (χ4v) is 3.34. The van der Waals surface area contributed by atoms with Crippen molar-refractivity contribution in [1.29, 1.82) is 0 Å². The molecule has 160 valence electrons. The molecule has 6 nitrogen and oxygen atoms in total. The molecule has 1 aromatic rings. The van der Waals surface area contributed by atoms with Crippen molar-refractivity contribution >= 4 is 17.7 Å². The van der Waals surface area contributed by atoms with E-state index in [1.54, 1.807) is 11.9 Å². The molecule has 0 radical (unpaired) electrons. The van der Waals surface area contributed by atoms with Crippen LogP contribution in [0.2, 0.25) is 0 Å². The molecule has 29 heavy (non-hydrogen) atoms. The van der Waals surface area contributed by atoms with E-state index in [0.29, 0.717) is 13.0 Å². The minimum atomic E-state index is -1.03. The molecule has 0 saturated carbocycles. The predicted octanol–water partition coefficient (Wildman–Crippen LogP) is 2.02. The van der Waals surface area contributed by atoms with E-state index in [1.807, 2.05) is 13.8 Å². The Morgan fingerprint density at radius 3 is 2.66 bits per heavy atom. The average molecular weight is 409 g/mol. The maximum Gasteiger partial charge on any atom is 0.234 e. The van der Waals surface area contributed by atoms with Crippen molar-refractivity contribution < 1.29 is 23.2 Å². The van der Waals surface area contributed by atoms with Gasteiger partial charge in [0.05, 0.1) is 6.42 Å². The van der Waals surface area contributed by atoms with E-state index in [-0.39, 0.29) is 36.3 Å². The van der Waals surface area contributed by atoms with E-state index in [9.17, 15) is 23.2 Å². The summed E-state index contributed by atoms with van der Waals surface area (Å²) in [5.41, 5.74) is -0.0267. The van der Waals surface area contributed by atoms with E-state index in [2.05, 4.69) is 10.6 Å². The van der Waals surface area contributed by atoms with Crippen molar-refractivity contribution in [1.82, 2.24) is 15.5 Å². The summed E-state index contributed by atoms with van der Waals surface area (Å²) in [5.74, 6) is -3.76. The van der Waals surface area contributed by atoms with Crippen molar-refractivity contribution in [3.05, 3.63) is 35.4 Å². The van der Waals surface area contributed by atoms with Crippen molar-refractivity contribution in [2.75, 3.05) is 20.1 Å². The molecule has 1 heterocycles. The fourth-order valence-electron chi connectivity index (χ4n) is 3.34. The highest BCUT2D eigenvalue weighted by Gasteiger charge is 2.31. The van der Waals surface area contributed by atoms with Gasteiger partial charge in [0.1, 0.15) is 5.92 Å². The first-order chi connectivity index (χ1) is 13.7. The van der Waals surface area contributed by atoms with Crippen LogP contribution in [0.5, 0.6) is 0 Å². The molecule has 2 rings (SSSR count). The van der Waals surface area contributed by atoms with Crippen LogP contribution in [0.1, 0.15) is 38.7 Å². The summed E-state index contributed by atoms with van der Waals surface area (Å²) in [6, 6.07) is 3.30. The molecule has 0 bridgehead atoms. The third-order valence-electron chi connectivity index (χ3n) is 5.26. The Labute approximate surface area is 170 Å². The Kier molecular flexibility index (Phi) is 8.10. The van der Waals surface area contributed by atoms with Crippen LogP contribution in [0.25, 0.3) is 0 Å². The lowest BCUT2D eigenvalue weighted by molar-refractivity contribution is -0.141. The topological polar surface area (TPSA) is 78.5 Å². The predicted molar refractivity (Wildman–Crippen MR) is 105 cm³/mol. The van der Waals surface area contributed by atoms with E-state index in [4.69, 9.17) is 0 Å². The van der Waals surface area contributed by atoms with Crippen LogP contribution in [-0.4, -0.2) is 48.8 Å². The van der Waals surface area contributed by atoms with Gasteiger partial charge in [0, 0.05) is 31.7 Å². The van der Waals surface area contributed by atoms with Crippen molar-refractivity contribution in [2.24, 2.45) is 11.8 Å². The van der Waals surface area contributed by atoms with Crippen LogP contribution in [0.4, 0.5) is 8.78 Å². The Bertz CT molecular complexity index is 755. The number of amides is 3. The molecule has 1 fully saturated rings. The molecule has 2 unspecified atom stereocenters. The van der Waals surface area contributed by atoms with Crippen LogP contribution in [0.3, 0.4) is 0 Å². The van der Waals surface area contributed by atoms with Gasteiger partial charge in [-0.1, -0.05) is 32.4 Å². The average Bonchev–Trinajstić information content (AvgIpc) is 2.83. The minimum Gasteiger partial charge on any atom is -0.353 e. The van der Waals surface area contributed by atoms with Gasteiger partial charge in [-0.05, 0) is 24.8 Å². The molecule has 1 aromatic carbocycles. The number of rotatable bonds is 7. The number of hydrogen-bond acceptors (Lipinski definition) is 3. The van der Waals surface area contributed by atoms with Crippen LogP contribution in [0, 0.1) is 23.5 Å². The number of carbonyl (C=O) groups excluding carboxylic acids is 3. The van der Waals surface area contributed by atoms with Gasteiger partial charge in [0.2, 0.25) is 17.7 Å². The summed E-state index contributed by atoms with van der Waals surface area (Å²) in [6.45, 7) is 4.56. The molecular weight excluding hydrogens is 380 g/mol. The van der Waals surface area contributed by atoms with Crippen LogP contribution >= 0.6 is 0 Å². The normalized spacial score (nSPS) is 18.3. The molecule has 1 aliphatic rings. The Morgan fingerprint density at radius 2 is 1.97 bits per heavy atom. The monoisotopic (exact) mass is 409 g/mol. The number of nitrogens with zero attached hydrogens (tertiary/aromatic N) is 1. The molecule has 2 N–H and O–H groups in total. The number of benzene rings is 1. The number of hydrogen-bond donors (Lipinski definition) is 2. The van der Waals surface area contributed by atoms with E-state index >= 15 is 0 Å². The van der Waals surface area contributed by atoms with Crippen molar-refractivity contribution in [3.8, 4) is 0 Å². The maximum atomic E-state index is 13.8. The highest BCUT2D eigenvalue weighted by atomic mass is 19.2. The number of nitrogens with one attached hydrogen (secondary N) is 2. The molecule has 2 atom stereocenters. The molecule has 8 heteroatoms. The Hall–Kier alpha value is -2.51. The zero-order valence-corrected chi connectivity index (χ0v) is 17.1. The maximum absolute atomic E-state index is 13.8. The van der Waals surface area contributed by atoms with Gasteiger partial charge >= 0.3 is 0 Å². The van der Waals surface area contributed by atoms with E-state index < -0.39 is 29.5 Å². The Balaban J connectivity index is 1.94. The lowest BCUT2D eigenvalue weighted by atomic mass is 10.00. The highest BCUT2D eigenvalue weighted by molar-refractivity contribution is 6.00. The van der Waals surface area contributed by atoms with Gasteiger partial charge in [-0.2, -0.15) is 0 Å². The second-order valence-electron chi connectivity index (χ2n) is 7.86. The summed E-state index contributed by atoms with van der Waals surface area (Å²) >= 11 is 0. The lowest BCUT2D eigenvalue weighted by Crippen LogP contribution is -2.49. The number of carbonyl (C=O) groups is 3. The number of halogens is 2. The van der Waals surface area contributed by atoms with Gasteiger partial charge < -0.3 is 15.5 Å². The molecular formula is C21H29F2N3O3. The quantitative estimate of drug-likeness (QED) is 0.677. The number of likely N-dealkylation sites (tertiary alicyclic amines) is 1. The second kappa shape index (κ2) is 10.3. The summed E-state index contributed by atoms with van der Waals surface area (Å²) < 4.78 is 27.1. The summed E-state index contributed by atoms with van der Waals surface area (Å²) in [5, 5.41) is 5.53. The van der Waals surface area contributed by atoms with Gasteiger partial charge in [-0.3, -0.25) is 14.4 Å². The highest BCUT2D eigenvalue weighted by Crippen LogP contribution is 2.17. The van der Waals surface area contributed by atoms with Gasteiger partial charge in [-0.15, -0.1) is 0 Å².